The van der Waals surface area contributed by atoms with Crippen LogP contribution in [-0.4, -0.2) is 31.4 Å². The predicted octanol–water partition coefficient (Wildman–Crippen LogP) is 5.34. The maximum atomic E-state index is 13.1. The van der Waals surface area contributed by atoms with Gasteiger partial charge in [0.25, 0.3) is 11.8 Å². The maximum Gasteiger partial charge on any atom is 0.276 e. The molecular formula is C25H24Cl2N6O3. The Kier molecular flexibility index (Phi) is 7.61. The number of carbonyl (C=O) groups excluding carboxylic acids is 2. The zero-order valence-electron chi connectivity index (χ0n) is 19.9. The molecule has 4 aromatic rings. The monoisotopic (exact) mass is 526 g/mol. The molecule has 186 valence electrons. The van der Waals surface area contributed by atoms with Gasteiger partial charge in [0.1, 0.15) is 18.1 Å². The van der Waals surface area contributed by atoms with Crippen molar-refractivity contribution >= 4 is 46.4 Å². The first-order valence-electron chi connectivity index (χ1n) is 11.1. The molecule has 0 saturated carbocycles. The van der Waals surface area contributed by atoms with Gasteiger partial charge < -0.3 is 15.4 Å². The van der Waals surface area contributed by atoms with Crippen molar-refractivity contribution in [3.63, 3.8) is 0 Å². The van der Waals surface area contributed by atoms with Crippen LogP contribution in [0, 0.1) is 6.92 Å². The van der Waals surface area contributed by atoms with Crippen molar-refractivity contribution in [1.29, 1.82) is 0 Å². The smallest absolute Gasteiger partial charge is 0.276 e. The number of amides is 2. The van der Waals surface area contributed by atoms with E-state index in [0.29, 0.717) is 39.3 Å². The van der Waals surface area contributed by atoms with Crippen LogP contribution in [0.5, 0.6) is 5.75 Å². The van der Waals surface area contributed by atoms with Crippen molar-refractivity contribution in [2.45, 2.75) is 27.0 Å². The number of rotatable bonds is 8. The summed E-state index contributed by atoms with van der Waals surface area (Å²) in [5, 5.41) is 14.9. The molecule has 0 aliphatic heterocycles. The molecule has 11 heteroatoms. The number of ether oxygens (including phenoxy) is 1. The van der Waals surface area contributed by atoms with E-state index < -0.39 is 5.91 Å². The number of nitrogens with one attached hydrogen (secondary N) is 2. The third-order valence-electron chi connectivity index (χ3n) is 5.56. The van der Waals surface area contributed by atoms with Gasteiger partial charge in [0, 0.05) is 24.2 Å². The average molecular weight is 527 g/mol. The van der Waals surface area contributed by atoms with Crippen LogP contribution in [0.1, 0.15) is 39.0 Å². The largest absolute Gasteiger partial charge is 0.487 e. The molecule has 9 nitrogen and oxygen atoms in total. The summed E-state index contributed by atoms with van der Waals surface area (Å²) in [7, 11) is 1.79. The van der Waals surface area contributed by atoms with Gasteiger partial charge in [-0.3, -0.25) is 19.0 Å². The van der Waals surface area contributed by atoms with Gasteiger partial charge in [-0.05, 0) is 49.7 Å². The van der Waals surface area contributed by atoms with Crippen molar-refractivity contribution in [3.05, 3.63) is 87.4 Å². The number of hydrogen-bond donors (Lipinski definition) is 2. The first-order chi connectivity index (χ1) is 17.3. The van der Waals surface area contributed by atoms with Crippen molar-refractivity contribution in [2.75, 3.05) is 10.6 Å². The number of carbonyl (C=O) groups is 2. The molecule has 4 rings (SSSR count). The Bertz CT molecular complexity index is 1430. The van der Waals surface area contributed by atoms with E-state index in [1.807, 2.05) is 19.9 Å². The van der Waals surface area contributed by atoms with E-state index in [0.717, 1.165) is 11.3 Å². The molecule has 0 bridgehead atoms. The molecule has 2 aromatic carbocycles. The number of hydrogen-bond acceptors (Lipinski definition) is 5. The number of benzene rings is 2. The van der Waals surface area contributed by atoms with Crippen LogP contribution in [0.25, 0.3) is 0 Å². The molecule has 0 fully saturated rings. The van der Waals surface area contributed by atoms with Gasteiger partial charge in [0.2, 0.25) is 0 Å². The Balaban J connectivity index is 1.49. The number of aromatic nitrogens is 4. The fourth-order valence-corrected chi connectivity index (χ4v) is 3.97. The normalized spacial score (nSPS) is 10.8. The first kappa shape index (κ1) is 25.3. The third kappa shape index (κ3) is 5.53. The lowest BCUT2D eigenvalue weighted by atomic mass is 10.1. The van der Waals surface area contributed by atoms with E-state index in [9.17, 15) is 9.59 Å². The van der Waals surface area contributed by atoms with Crippen molar-refractivity contribution < 1.29 is 14.3 Å². The van der Waals surface area contributed by atoms with Crippen LogP contribution < -0.4 is 15.4 Å². The minimum absolute atomic E-state index is 0.203. The molecule has 2 amide bonds. The molecule has 0 atom stereocenters. The second-order valence-electron chi connectivity index (χ2n) is 7.96. The molecule has 2 heterocycles. The SMILES string of the molecule is CCn1ncc(NC(=O)c2cccc(COc3ccc(Cl)cc3Cl)c2)c1C(=O)Nc1cnn(C)c1C. The molecule has 0 aliphatic rings. The van der Waals surface area contributed by atoms with Crippen molar-refractivity contribution in [2.24, 2.45) is 7.05 Å². The minimum atomic E-state index is -0.400. The van der Waals surface area contributed by atoms with Crippen LogP contribution in [0.15, 0.2) is 54.9 Å². The fourth-order valence-electron chi connectivity index (χ4n) is 3.51. The standard InChI is InChI=1S/C25H24Cl2N6O3/c1-4-33-23(25(35)30-20-12-28-32(3)15(20)2)21(13-29-33)31-24(34)17-7-5-6-16(10-17)14-36-22-9-8-18(26)11-19(22)27/h5-13H,4,14H2,1-3H3,(H,30,35)(H,31,34). The molecule has 2 N–H and O–H groups in total. The highest BCUT2D eigenvalue weighted by atomic mass is 35.5. The summed E-state index contributed by atoms with van der Waals surface area (Å²) in [6.07, 6.45) is 3.03. The van der Waals surface area contributed by atoms with Gasteiger partial charge in [-0.2, -0.15) is 10.2 Å². The van der Waals surface area contributed by atoms with Crippen molar-refractivity contribution in [3.8, 4) is 5.75 Å². The summed E-state index contributed by atoms with van der Waals surface area (Å²) in [6.45, 7) is 4.36. The van der Waals surface area contributed by atoms with Crippen LogP contribution in [-0.2, 0) is 20.2 Å². The summed E-state index contributed by atoms with van der Waals surface area (Å²) >= 11 is 12.1. The van der Waals surface area contributed by atoms with Gasteiger partial charge in [0.15, 0.2) is 0 Å². The molecule has 0 saturated heterocycles. The predicted molar refractivity (Wildman–Crippen MR) is 139 cm³/mol. The number of nitrogens with zero attached hydrogens (tertiary/aromatic N) is 4. The lowest BCUT2D eigenvalue weighted by Gasteiger charge is -2.11. The zero-order chi connectivity index (χ0) is 25.8. The molecule has 0 aliphatic carbocycles. The number of aryl methyl sites for hydroxylation is 2. The Labute approximate surface area is 218 Å². The lowest BCUT2D eigenvalue weighted by molar-refractivity contribution is 0.101. The Hall–Kier alpha value is -3.82. The van der Waals surface area contributed by atoms with E-state index >= 15 is 0 Å². The van der Waals surface area contributed by atoms with Gasteiger partial charge in [-0.15, -0.1) is 0 Å². The second kappa shape index (κ2) is 10.8. The fraction of sp³-hybridized carbons (Fsp3) is 0.200. The number of anilines is 2. The van der Waals surface area contributed by atoms with Crippen LogP contribution in [0.3, 0.4) is 0 Å². The van der Waals surface area contributed by atoms with E-state index in [1.54, 1.807) is 54.3 Å². The lowest BCUT2D eigenvalue weighted by Crippen LogP contribution is -2.21. The van der Waals surface area contributed by atoms with E-state index in [4.69, 9.17) is 27.9 Å². The molecule has 0 spiro atoms. The minimum Gasteiger partial charge on any atom is -0.487 e. The van der Waals surface area contributed by atoms with Crippen LogP contribution in [0.4, 0.5) is 11.4 Å². The maximum absolute atomic E-state index is 13.1. The summed E-state index contributed by atoms with van der Waals surface area (Å²) < 4.78 is 8.96. The highest BCUT2D eigenvalue weighted by molar-refractivity contribution is 6.35. The molecule has 2 aromatic heterocycles. The topological polar surface area (TPSA) is 103 Å². The van der Waals surface area contributed by atoms with Crippen molar-refractivity contribution in [1.82, 2.24) is 19.6 Å². The zero-order valence-corrected chi connectivity index (χ0v) is 21.4. The van der Waals surface area contributed by atoms with E-state index in [-0.39, 0.29) is 18.2 Å². The highest BCUT2D eigenvalue weighted by Crippen LogP contribution is 2.28. The van der Waals surface area contributed by atoms with Gasteiger partial charge >= 0.3 is 0 Å². The third-order valence-corrected chi connectivity index (χ3v) is 6.09. The summed E-state index contributed by atoms with van der Waals surface area (Å²) in [5.74, 6) is -0.297. The Morgan fingerprint density at radius 1 is 1.00 bits per heavy atom. The summed E-state index contributed by atoms with van der Waals surface area (Å²) in [5.41, 5.74) is 3.09. The van der Waals surface area contributed by atoms with Crippen LogP contribution >= 0.6 is 23.2 Å². The molecule has 0 radical (unpaired) electrons. The molecule has 36 heavy (non-hydrogen) atoms. The quantitative estimate of drug-likeness (QED) is 0.322. The van der Waals surface area contributed by atoms with Crippen LogP contribution in [0.2, 0.25) is 10.0 Å². The van der Waals surface area contributed by atoms with Gasteiger partial charge in [-0.1, -0.05) is 35.3 Å². The molecular weight excluding hydrogens is 503 g/mol. The van der Waals surface area contributed by atoms with Gasteiger partial charge in [0.05, 0.1) is 34.5 Å². The van der Waals surface area contributed by atoms with Gasteiger partial charge in [-0.25, -0.2) is 0 Å². The second-order valence-corrected chi connectivity index (χ2v) is 8.81. The summed E-state index contributed by atoms with van der Waals surface area (Å²) in [6, 6.07) is 12.0. The number of halogens is 2. The summed E-state index contributed by atoms with van der Waals surface area (Å²) in [4.78, 5) is 26.1. The van der Waals surface area contributed by atoms with E-state index in [1.165, 1.54) is 10.9 Å². The average Bonchev–Trinajstić information content (AvgIpc) is 3.41. The first-order valence-corrected chi connectivity index (χ1v) is 11.9. The Morgan fingerprint density at radius 2 is 1.75 bits per heavy atom. The molecule has 0 unspecified atom stereocenters. The highest BCUT2D eigenvalue weighted by Gasteiger charge is 2.21. The van der Waals surface area contributed by atoms with E-state index in [2.05, 4.69) is 20.8 Å². The Morgan fingerprint density at radius 3 is 2.44 bits per heavy atom.